The molecule has 0 fully saturated rings. The van der Waals surface area contributed by atoms with E-state index in [0.717, 1.165) is 6.08 Å². The molecule has 0 radical (unpaired) electrons. The number of pyridine rings is 1. The van der Waals surface area contributed by atoms with Crippen molar-refractivity contribution in [3.63, 3.8) is 0 Å². The molecule has 8 heteroatoms. The summed E-state index contributed by atoms with van der Waals surface area (Å²) in [5.41, 5.74) is 0.155. The quantitative estimate of drug-likeness (QED) is 0.676. The summed E-state index contributed by atoms with van der Waals surface area (Å²) in [4.78, 5) is 3.80. The molecule has 1 rings (SSSR count). The predicted molar refractivity (Wildman–Crippen MR) is 54.7 cm³/mol. The van der Waals surface area contributed by atoms with E-state index < -0.39 is 17.8 Å². The molecule has 1 aromatic heterocycles. The Morgan fingerprint density at radius 2 is 2.00 bits per heavy atom. The fourth-order valence-corrected chi connectivity index (χ4v) is 1.40. The van der Waals surface area contributed by atoms with Crippen LogP contribution in [0.2, 0.25) is 0 Å². The Kier molecular flexibility index (Phi) is 7.31. The van der Waals surface area contributed by atoms with E-state index in [1.54, 1.807) is 0 Å². The van der Waals surface area contributed by atoms with Crippen molar-refractivity contribution in [1.29, 1.82) is 0 Å². The molecule has 0 amide bonds. The number of rotatable bonds is 3. The van der Waals surface area contributed by atoms with Gasteiger partial charge in [-0.3, -0.25) is 4.21 Å². The summed E-state index contributed by atoms with van der Waals surface area (Å²) < 4.78 is 46.7. The summed E-state index contributed by atoms with van der Waals surface area (Å²) in [7, 11) is -1.29. The third kappa shape index (κ3) is 6.31. The molecule has 0 saturated carbocycles. The van der Waals surface area contributed by atoms with Crippen molar-refractivity contribution in [2.45, 2.75) is 5.03 Å². The second-order valence-electron chi connectivity index (χ2n) is 2.84. The zero-order valence-electron chi connectivity index (χ0n) is 8.86. The van der Waals surface area contributed by atoms with Gasteiger partial charge in [0, 0.05) is 6.26 Å². The fourth-order valence-electron chi connectivity index (χ4n) is 0.891. The Bertz CT molecular complexity index is 411. The molecule has 0 bridgehead atoms. The van der Waals surface area contributed by atoms with Crippen molar-refractivity contribution in [2.24, 2.45) is 0 Å². The van der Waals surface area contributed by atoms with Gasteiger partial charge in [-0.05, 0) is 12.1 Å². The van der Waals surface area contributed by atoms with Crippen LogP contribution in [-0.4, -0.2) is 22.4 Å². The summed E-state index contributed by atoms with van der Waals surface area (Å²) in [5, 5.41) is 0.270. The van der Waals surface area contributed by atoms with Crippen LogP contribution in [0, 0.1) is 0 Å². The Morgan fingerprint density at radius 1 is 1.38 bits per heavy atom. The monoisotopic (exact) mass is 273 g/mol. The molecule has 1 heterocycles. The molecule has 0 saturated heterocycles. The minimum absolute atomic E-state index is 0. The fraction of sp³-hybridized carbons (Fsp3) is 0.125. The standard InChI is InChI=1S/C8H8BF3NOS.K/c1-15(14)8-4-2-3-7(13-8)5-6-9(10,11)12;/h2-6H,1H3;/q-1;+1/b6-5+;. The minimum atomic E-state index is -4.95. The first-order chi connectivity index (χ1) is 6.88. The third-order valence-corrected chi connectivity index (χ3v) is 2.34. The largest absolute Gasteiger partial charge is 1.00 e. The molecule has 16 heavy (non-hydrogen) atoms. The van der Waals surface area contributed by atoms with Crippen LogP contribution >= 0.6 is 0 Å². The van der Waals surface area contributed by atoms with Crippen LogP contribution in [0.1, 0.15) is 5.69 Å². The van der Waals surface area contributed by atoms with Crippen molar-refractivity contribution in [1.82, 2.24) is 4.98 Å². The van der Waals surface area contributed by atoms with Gasteiger partial charge in [0.2, 0.25) is 0 Å². The number of aromatic nitrogens is 1. The van der Waals surface area contributed by atoms with E-state index in [2.05, 4.69) is 4.98 Å². The van der Waals surface area contributed by atoms with Gasteiger partial charge in [0.05, 0.1) is 16.5 Å². The van der Waals surface area contributed by atoms with Crippen LogP contribution in [-0.2, 0) is 10.8 Å². The maximum atomic E-state index is 11.9. The van der Waals surface area contributed by atoms with E-state index in [0.29, 0.717) is 0 Å². The smallest absolute Gasteiger partial charge is 0.445 e. The maximum Gasteiger partial charge on any atom is 1.00 e. The second-order valence-corrected chi connectivity index (χ2v) is 4.17. The van der Waals surface area contributed by atoms with Crippen molar-refractivity contribution in [2.75, 3.05) is 6.26 Å². The zero-order chi connectivity index (χ0) is 11.5. The first-order valence-corrected chi connectivity index (χ1v) is 5.64. The third-order valence-electron chi connectivity index (χ3n) is 1.52. The summed E-state index contributed by atoms with van der Waals surface area (Å²) >= 11 is 0. The van der Waals surface area contributed by atoms with Gasteiger partial charge < -0.3 is 12.9 Å². The topological polar surface area (TPSA) is 30.0 Å². The van der Waals surface area contributed by atoms with Gasteiger partial charge in [-0.15, -0.1) is 5.98 Å². The van der Waals surface area contributed by atoms with Crippen LogP contribution in [0.5, 0.6) is 0 Å². The average Bonchev–Trinajstić information content (AvgIpc) is 2.14. The van der Waals surface area contributed by atoms with Crippen LogP contribution in [0.3, 0.4) is 0 Å². The molecular formula is C8H8BF3KNOS. The van der Waals surface area contributed by atoms with Crippen LogP contribution in [0.25, 0.3) is 6.08 Å². The number of hydrogen-bond donors (Lipinski definition) is 0. The van der Waals surface area contributed by atoms with Crippen molar-refractivity contribution in [3.05, 3.63) is 29.9 Å². The first kappa shape index (κ1) is 16.5. The summed E-state index contributed by atoms with van der Waals surface area (Å²) in [5.74, 6) is 0.157. The number of hydrogen-bond acceptors (Lipinski definition) is 2. The van der Waals surface area contributed by atoms with E-state index in [-0.39, 0.29) is 68.1 Å². The van der Waals surface area contributed by atoms with E-state index in [1.165, 1.54) is 24.5 Å². The molecule has 1 aromatic rings. The molecule has 0 aliphatic rings. The Morgan fingerprint density at radius 3 is 2.50 bits per heavy atom. The van der Waals surface area contributed by atoms with E-state index in [4.69, 9.17) is 0 Å². The van der Waals surface area contributed by atoms with Gasteiger partial charge in [0.25, 0.3) is 0 Å². The Balaban J connectivity index is 0.00000225. The SMILES string of the molecule is CS(=O)c1cccc(/C=C/[B-](F)(F)F)n1.[K+]. The molecule has 0 N–H and O–H groups in total. The maximum absolute atomic E-state index is 11.9. The van der Waals surface area contributed by atoms with E-state index in [1.807, 2.05) is 0 Å². The van der Waals surface area contributed by atoms with Gasteiger partial charge >= 0.3 is 58.4 Å². The van der Waals surface area contributed by atoms with Crippen LogP contribution in [0.4, 0.5) is 12.9 Å². The van der Waals surface area contributed by atoms with Crippen molar-refractivity contribution >= 4 is 23.9 Å². The van der Waals surface area contributed by atoms with Gasteiger partial charge in [-0.25, -0.2) is 4.98 Å². The molecule has 2 nitrogen and oxygen atoms in total. The molecule has 0 aromatic carbocycles. The van der Waals surface area contributed by atoms with Gasteiger partial charge in [0.1, 0.15) is 5.03 Å². The van der Waals surface area contributed by atoms with Gasteiger partial charge in [-0.2, -0.15) is 0 Å². The predicted octanol–water partition coefficient (Wildman–Crippen LogP) is -0.777. The second kappa shape index (κ2) is 7.07. The zero-order valence-corrected chi connectivity index (χ0v) is 12.8. The normalized spacial score (nSPS) is 13.5. The molecule has 82 valence electrons. The summed E-state index contributed by atoms with van der Waals surface area (Å²) in [6.45, 7) is -4.95. The van der Waals surface area contributed by atoms with Gasteiger partial charge in [-0.1, -0.05) is 12.1 Å². The summed E-state index contributed by atoms with van der Waals surface area (Å²) in [6, 6.07) is 4.45. The first-order valence-electron chi connectivity index (χ1n) is 4.08. The van der Waals surface area contributed by atoms with Gasteiger partial charge in [0.15, 0.2) is 0 Å². The van der Waals surface area contributed by atoms with E-state index >= 15 is 0 Å². The average molecular weight is 273 g/mol. The number of halogens is 3. The Hall–Kier alpha value is 0.531. The molecular weight excluding hydrogens is 265 g/mol. The van der Waals surface area contributed by atoms with Crippen LogP contribution < -0.4 is 51.4 Å². The number of nitrogens with zero attached hydrogens (tertiary/aromatic N) is 1. The molecule has 0 aliphatic heterocycles. The molecule has 1 atom stereocenters. The molecule has 0 aliphatic carbocycles. The Labute approximate surface area is 137 Å². The van der Waals surface area contributed by atoms with Crippen LogP contribution in [0.15, 0.2) is 29.2 Å². The minimum Gasteiger partial charge on any atom is -0.445 e. The van der Waals surface area contributed by atoms with Crippen molar-refractivity contribution < 1.29 is 68.5 Å². The van der Waals surface area contributed by atoms with Crippen molar-refractivity contribution in [3.8, 4) is 0 Å². The summed E-state index contributed by atoms with van der Waals surface area (Å²) in [6.07, 6.45) is 2.29. The molecule has 0 spiro atoms. The van der Waals surface area contributed by atoms with E-state index in [9.17, 15) is 17.2 Å². The molecule has 1 unspecified atom stereocenters.